The minimum Gasteiger partial charge on any atom is -0.299 e. The van der Waals surface area contributed by atoms with Gasteiger partial charge in [-0.25, -0.2) is 8.42 Å². The average Bonchev–Trinajstić information content (AvgIpc) is 2.45. The molecule has 0 saturated heterocycles. The molecule has 20 heavy (non-hydrogen) atoms. The zero-order valence-corrected chi connectivity index (χ0v) is 13.1. The second-order valence-corrected chi connectivity index (χ2v) is 7.45. The Kier molecular flexibility index (Phi) is 5.00. The fourth-order valence-corrected chi connectivity index (χ4v) is 3.15. The Hall–Kier alpha value is -1.13. The van der Waals surface area contributed by atoms with E-state index in [4.69, 9.17) is 0 Å². The first kappa shape index (κ1) is 15.3. The molecule has 0 radical (unpaired) electrons. The van der Waals surface area contributed by atoms with E-state index in [-0.39, 0.29) is 0 Å². The van der Waals surface area contributed by atoms with E-state index in [9.17, 15) is 8.42 Å². The second-order valence-electron chi connectivity index (χ2n) is 5.43. The zero-order valence-electron chi connectivity index (χ0n) is 12.3. The van der Waals surface area contributed by atoms with Crippen LogP contribution in [0.2, 0.25) is 0 Å². The van der Waals surface area contributed by atoms with Crippen LogP contribution in [-0.4, -0.2) is 39.2 Å². The van der Waals surface area contributed by atoms with Crippen molar-refractivity contribution in [3.05, 3.63) is 35.9 Å². The van der Waals surface area contributed by atoms with Crippen molar-refractivity contribution in [3.8, 4) is 0 Å². The van der Waals surface area contributed by atoms with E-state index >= 15 is 0 Å². The summed E-state index contributed by atoms with van der Waals surface area (Å²) in [6, 6.07) is 7.29. The number of hydrogen-bond acceptors (Lipinski definition) is 3. The van der Waals surface area contributed by atoms with Crippen LogP contribution in [0.5, 0.6) is 0 Å². The van der Waals surface area contributed by atoms with E-state index in [0.717, 1.165) is 31.6 Å². The molecule has 0 unspecified atom stereocenters. The molecule has 0 atom stereocenters. The molecule has 0 fully saturated rings. The van der Waals surface area contributed by atoms with E-state index in [0.29, 0.717) is 4.90 Å². The largest absolute Gasteiger partial charge is 0.299 e. The molecule has 1 aromatic carbocycles. The maximum atomic E-state index is 11.6. The van der Waals surface area contributed by atoms with Crippen molar-refractivity contribution in [2.45, 2.75) is 31.1 Å². The lowest BCUT2D eigenvalue weighted by molar-refractivity contribution is 0.297. The molecule has 1 aliphatic rings. The van der Waals surface area contributed by atoms with Gasteiger partial charge in [0.25, 0.3) is 0 Å². The minimum absolute atomic E-state index is 0.407. The fourth-order valence-electron chi connectivity index (χ4n) is 2.48. The van der Waals surface area contributed by atoms with Gasteiger partial charge >= 0.3 is 0 Å². The van der Waals surface area contributed by atoms with Gasteiger partial charge in [0.1, 0.15) is 0 Å². The summed E-state index contributed by atoms with van der Waals surface area (Å²) in [6.45, 7) is 5.40. The van der Waals surface area contributed by atoms with E-state index < -0.39 is 9.84 Å². The van der Waals surface area contributed by atoms with Crippen molar-refractivity contribution in [1.82, 2.24) is 4.90 Å². The third-order valence-corrected chi connectivity index (χ3v) is 4.86. The Morgan fingerprint density at radius 2 is 2.10 bits per heavy atom. The number of benzene rings is 1. The van der Waals surface area contributed by atoms with Crippen LogP contribution in [0, 0.1) is 0 Å². The molecule has 0 spiro atoms. The van der Waals surface area contributed by atoms with Crippen molar-refractivity contribution in [1.29, 1.82) is 0 Å². The molecule has 0 amide bonds. The van der Waals surface area contributed by atoms with Crippen molar-refractivity contribution in [2.75, 3.05) is 25.9 Å². The van der Waals surface area contributed by atoms with Gasteiger partial charge in [0, 0.05) is 19.3 Å². The van der Waals surface area contributed by atoms with E-state index in [2.05, 4.69) is 17.9 Å². The highest BCUT2D eigenvalue weighted by Gasteiger charge is 2.14. The zero-order chi connectivity index (χ0) is 14.6. The molecular weight excluding hydrogens is 270 g/mol. The average molecular weight is 293 g/mol. The van der Waals surface area contributed by atoms with Gasteiger partial charge in [0.15, 0.2) is 9.84 Å². The molecule has 0 N–H and O–H groups in total. The third-order valence-electron chi connectivity index (χ3n) is 3.75. The molecule has 0 aliphatic carbocycles. The molecule has 3 nitrogen and oxygen atoms in total. The van der Waals surface area contributed by atoms with Gasteiger partial charge < -0.3 is 0 Å². The number of sulfone groups is 1. The van der Waals surface area contributed by atoms with Gasteiger partial charge in [-0.05, 0) is 42.7 Å². The Morgan fingerprint density at radius 1 is 1.30 bits per heavy atom. The van der Waals surface area contributed by atoms with Gasteiger partial charge in [-0.2, -0.15) is 0 Å². The molecule has 1 heterocycles. The monoisotopic (exact) mass is 293 g/mol. The van der Waals surface area contributed by atoms with Crippen LogP contribution >= 0.6 is 0 Å². The SMILES string of the molecule is CCCCN1CC=C(c2cccc(S(C)(=O)=O)c2)CC1. The number of rotatable bonds is 5. The van der Waals surface area contributed by atoms with Gasteiger partial charge in [0.05, 0.1) is 4.90 Å². The molecule has 110 valence electrons. The van der Waals surface area contributed by atoms with Crippen LogP contribution in [0.25, 0.3) is 5.57 Å². The van der Waals surface area contributed by atoms with Crippen LogP contribution in [0.4, 0.5) is 0 Å². The van der Waals surface area contributed by atoms with Crippen molar-refractivity contribution < 1.29 is 8.42 Å². The number of nitrogens with zero attached hydrogens (tertiary/aromatic N) is 1. The highest BCUT2D eigenvalue weighted by Crippen LogP contribution is 2.24. The van der Waals surface area contributed by atoms with Crippen LogP contribution in [-0.2, 0) is 9.84 Å². The molecule has 1 aliphatic heterocycles. The van der Waals surface area contributed by atoms with Crippen LogP contribution < -0.4 is 0 Å². The lowest BCUT2D eigenvalue weighted by atomic mass is 9.99. The third kappa shape index (κ3) is 3.93. The summed E-state index contributed by atoms with van der Waals surface area (Å²) < 4.78 is 23.2. The van der Waals surface area contributed by atoms with E-state index in [1.165, 1.54) is 24.7 Å². The molecule has 0 bridgehead atoms. The number of unbranched alkanes of at least 4 members (excludes halogenated alkanes) is 1. The highest BCUT2D eigenvalue weighted by molar-refractivity contribution is 7.90. The maximum Gasteiger partial charge on any atom is 0.175 e. The Morgan fingerprint density at radius 3 is 2.70 bits per heavy atom. The lowest BCUT2D eigenvalue weighted by Crippen LogP contribution is -2.29. The predicted octanol–water partition coefficient (Wildman–Crippen LogP) is 2.98. The second kappa shape index (κ2) is 6.55. The van der Waals surface area contributed by atoms with Crippen molar-refractivity contribution >= 4 is 15.4 Å². The number of hydrogen-bond donors (Lipinski definition) is 0. The Balaban J connectivity index is 2.12. The summed E-state index contributed by atoms with van der Waals surface area (Å²) in [5, 5.41) is 0. The normalized spacial score (nSPS) is 17.0. The predicted molar refractivity (Wildman–Crippen MR) is 83.5 cm³/mol. The highest BCUT2D eigenvalue weighted by atomic mass is 32.2. The van der Waals surface area contributed by atoms with Crippen LogP contribution in [0.1, 0.15) is 31.7 Å². The first-order valence-electron chi connectivity index (χ1n) is 7.22. The molecular formula is C16H23NO2S. The molecule has 1 aromatic rings. The lowest BCUT2D eigenvalue weighted by Gasteiger charge is -2.26. The maximum absolute atomic E-state index is 11.6. The molecule has 0 aromatic heterocycles. The summed E-state index contributed by atoms with van der Waals surface area (Å²) in [5.41, 5.74) is 2.31. The quantitative estimate of drug-likeness (QED) is 0.837. The van der Waals surface area contributed by atoms with Crippen LogP contribution in [0.3, 0.4) is 0 Å². The van der Waals surface area contributed by atoms with Gasteiger partial charge in [-0.1, -0.05) is 31.6 Å². The summed E-state index contributed by atoms with van der Waals surface area (Å²) in [6.07, 6.45) is 6.96. The molecule has 2 rings (SSSR count). The first-order chi connectivity index (χ1) is 9.50. The summed E-state index contributed by atoms with van der Waals surface area (Å²) in [5.74, 6) is 0. The van der Waals surface area contributed by atoms with Crippen molar-refractivity contribution in [3.63, 3.8) is 0 Å². The summed E-state index contributed by atoms with van der Waals surface area (Å²) in [7, 11) is -3.12. The van der Waals surface area contributed by atoms with Gasteiger partial charge in [-0.15, -0.1) is 0 Å². The topological polar surface area (TPSA) is 37.4 Å². The van der Waals surface area contributed by atoms with E-state index in [1.54, 1.807) is 12.1 Å². The summed E-state index contributed by atoms with van der Waals surface area (Å²) in [4.78, 5) is 2.86. The van der Waals surface area contributed by atoms with Gasteiger partial charge in [-0.3, -0.25) is 4.90 Å². The minimum atomic E-state index is -3.12. The van der Waals surface area contributed by atoms with E-state index in [1.807, 2.05) is 12.1 Å². The molecule has 0 saturated carbocycles. The van der Waals surface area contributed by atoms with Crippen molar-refractivity contribution in [2.24, 2.45) is 0 Å². The molecule has 4 heteroatoms. The first-order valence-corrected chi connectivity index (χ1v) is 9.11. The smallest absolute Gasteiger partial charge is 0.175 e. The Bertz CT molecular complexity index is 590. The van der Waals surface area contributed by atoms with Gasteiger partial charge in [0.2, 0.25) is 0 Å². The standard InChI is InChI=1S/C16H23NO2S/c1-3-4-10-17-11-8-14(9-12-17)15-6-5-7-16(13-15)20(2,18)19/h5-8,13H,3-4,9-12H2,1-2H3. The fraction of sp³-hybridized carbons (Fsp3) is 0.500. The Labute approximate surface area is 122 Å². The van der Waals surface area contributed by atoms with Crippen LogP contribution in [0.15, 0.2) is 35.2 Å². The summed E-state index contributed by atoms with van der Waals surface area (Å²) >= 11 is 0.